The van der Waals surface area contributed by atoms with Gasteiger partial charge in [-0.1, -0.05) is 38.4 Å². The lowest BCUT2D eigenvalue weighted by molar-refractivity contribution is -0.124. The predicted octanol–water partition coefficient (Wildman–Crippen LogP) is 2.45. The number of sulfone groups is 1. The first-order valence-corrected chi connectivity index (χ1v) is 16.3. The van der Waals surface area contributed by atoms with E-state index in [9.17, 15) is 23.1 Å². The van der Waals surface area contributed by atoms with E-state index in [0.717, 1.165) is 21.6 Å². The summed E-state index contributed by atoms with van der Waals surface area (Å²) in [6, 6.07) is 5.08. The van der Waals surface area contributed by atoms with E-state index in [1.807, 2.05) is 30.9 Å². The lowest BCUT2D eigenvalue weighted by Gasteiger charge is -2.28. The fraction of sp³-hybridized carbons (Fsp3) is 0.556. The highest BCUT2D eigenvalue weighted by molar-refractivity contribution is 7.91. The Morgan fingerprint density at radius 1 is 1.30 bits per heavy atom. The molecule has 0 spiro atoms. The summed E-state index contributed by atoms with van der Waals surface area (Å²) in [6.07, 6.45) is 1.56. The third-order valence-corrected chi connectivity index (χ3v) is 9.81. The van der Waals surface area contributed by atoms with Crippen molar-refractivity contribution in [2.75, 3.05) is 37.7 Å². The molecule has 1 saturated heterocycles. The number of nitrogens with one attached hydrogen (secondary N) is 2. The second kappa shape index (κ2) is 14.5. The number of aliphatic hydroxyl groups is 1. The lowest BCUT2D eigenvalue weighted by atomic mass is 9.97. The van der Waals surface area contributed by atoms with Gasteiger partial charge in [-0.05, 0) is 31.0 Å². The van der Waals surface area contributed by atoms with Crippen molar-refractivity contribution in [2.24, 2.45) is 16.8 Å². The standard InChI is InChI=1S/C27H38ClN5O5S2/c1-5-17(2)23(15-30-26(35)18(3)16-33-8-10-40(37,38)11-9-33)32-27(36)20(14-29-19(4)34)12-25-31-22-7-6-21(28)13-24(22)39-25/h6-7,13-14,17,19-20,23,34H,3,5,8-12,15-16H2,1-2,4H3,(H,30,35)(H,32,36)/b29-14+/t17-,19?,20?,23+/m0/s1. The number of benzene rings is 1. The van der Waals surface area contributed by atoms with Gasteiger partial charge in [0.05, 0.1) is 32.6 Å². The lowest BCUT2D eigenvalue weighted by Crippen LogP contribution is -2.50. The van der Waals surface area contributed by atoms with Gasteiger partial charge >= 0.3 is 0 Å². The van der Waals surface area contributed by atoms with Crippen LogP contribution in [0.2, 0.25) is 5.02 Å². The summed E-state index contributed by atoms with van der Waals surface area (Å²) in [7, 11) is -3.01. The van der Waals surface area contributed by atoms with E-state index in [1.54, 1.807) is 6.07 Å². The van der Waals surface area contributed by atoms with E-state index in [0.29, 0.717) is 30.1 Å². The first-order valence-electron chi connectivity index (χ1n) is 13.3. The largest absolute Gasteiger partial charge is 0.372 e. The van der Waals surface area contributed by atoms with Crippen molar-refractivity contribution in [2.45, 2.75) is 45.9 Å². The zero-order valence-corrected chi connectivity index (χ0v) is 25.5. The number of carbonyl (C=O) groups is 2. The molecule has 0 radical (unpaired) electrons. The smallest absolute Gasteiger partial charge is 0.247 e. The van der Waals surface area contributed by atoms with Crippen molar-refractivity contribution in [1.82, 2.24) is 20.5 Å². The van der Waals surface area contributed by atoms with Crippen LogP contribution in [0.15, 0.2) is 35.3 Å². The van der Waals surface area contributed by atoms with Gasteiger partial charge < -0.3 is 15.7 Å². The van der Waals surface area contributed by atoms with Crippen LogP contribution in [-0.4, -0.2) is 91.4 Å². The molecule has 4 atom stereocenters. The Bertz CT molecular complexity index is 1330. The van der Waals surface area contributed by atoms with Crippen molar-refractivity contribution in [3.63, 3.8) is 0 Å². The van der Waals surface area contributed by atoms with Gasteiger partial charge in [0.1, 0.15) is 6.23 Å². The van der Waals surface area contributed by atoms with Crippen LogP contribution in [0.4, 0.5) is 0 Å². The van der Waals surface area contributed by atoms with Crippen LogP contribution >= 0.6 is 22.9 Å². The molecule has 1 aromatic carbocycles. The molecule has 2 unspecified atom stereocenters. The molecule has 40 heavy (non-hydrogen) atoms. The van der Waals surface area contributed by atoms with Gasteiger partial charge in [0.25, 0.3) is 0 Å². The number of amides is 2. The molecule has 13 heteroatoms. The van der Waals surface area contributed by atoms with Gasteiger partial charge in [-0.2, -0.15) is 0 Å². The normalized spacial score (nSPS) is 18.7. The molecular formula is C27H38ClN5O5S2. The summed E-state index contributed by atoms with van der Waals surface area (Å²) in [6.45, 7) is 10.6. The summed E-state index contributed by atoms with van der Waals surface area (Å²) in [5.74, 6) is -1.09. The summed E-state index contributed by atoms with van der Waals surface area (Å²) >= 11 is 7.55. The molecule has 1 aromatic heterocycles. The topological polar surface area (TPSA) is 141 Å². The molecule has 0 saturated carbocycles. The first kappa shape index (κ1) is 32.1. The van der Waals surface area contributed by atoms with Gasteiger partial charge in [-0.3, -0.25) is 19.5 Å². The SMILES string of the molecule is C=C(CN1CCS(=O)(=O)CC1)C(=O)NC[C@@H](NC(=O)C(/C=N/C(C)O)Cc1nc2ccc(Cl)cc2s1)[C@@H](C)CC. The van der Waals surface area contributed by atoms with Crippen LogP contribution in [0.3, 0.4) is 0 Å². The molecule has 1 aliphatic heterocycles. The van der Waals surface area contributed by atoms with Crippen LogP contribution in [0.5, 0.6) is 0 Å². The Balaban J connectivity index is 1.64. The Labute approximate surface area is 244 Å². The average molecular weight is 612 g/mol. The van der Waals surface area contributed by atoms with Gasteiger partial charge in [0.15, 0.2) is 9.84 Å². The minimum atomic E-state index is -3.01. The number of aliphatic imine (C=N–C) groups is 1. The molecule has 2 heterocycles. The zero-order chi connectivity index (χ0) is 29.4. The second-order valence-corrected chi connectivity index (χ2v) is 14.1. The van der Waals surface area contributed by atoms with Crippen LogP contribution in [0.1, 0.15) is 32.2 Å². The van der Waals surface area contributed by atoms with E-state index in [1.165, 1.54) is 24.5 Å². The molecule has 2 amide bonds. The number of nitrogens with zero attached hydrogens (tertiary/aromatic N) is 3. The first-order chi connectivity index (χ1) is 18.9. The number of rotatable bonds is 13. The predicted molar refractivity (Wildman–Crippen MR) is 161 cm³/mol. The van der Waals surface area contributed by atoms with Gasteiger partial charge in [0, 0.05) is 55.5 Å². The monoisotopic (exact) mass is 611 g/mol. The van der Waals surface area contributed by atoms with E-state index >= 15 is 0 Å². The van der Waals surface area contributed by atoms with Crippen molar-refractivity contribution in [3.05, 3.63) is 40.4 Å². The van der Waals surface area contributed by atoms with E-state index in [4.69, 9.17) is 11.6 Å². The number of thiazole rings is 1. The van der Waals surface area contributed by atoms with Crippen molar-refractivity contribution < 1.29 is 23.1 Å². The Kier molecular flexibility index (Phi) is 11.6. The molecule has 1 aliphatic rings. The van der Waals surface area contributed by atoms with E-state index in [-0.39, 0.29) is 48.4 Å². The van der Waals surface area contributed by atoms with Crippen molar-refractivity contribution in [3.8, 4) is 0 Å². The molecule has 1 fully saturated rings. The third kappa shape index (κ3) is 9.62. The molecule has 220 valence electrons. The van der Waals surface area contributed by atoms with E-state index in [2.05, 4.69) is 27.2 Å². The molecular weight excluding hydrogens is 574 g/mol. The minimum absolute atomic E-state index is 0.0590. The summed E-state index contributed by atoms with van der Waals surface area (Å²) in [5, 5.41) is 17.0. The fourth-order valence-corrected chi connectivity index (χ4v) is 6.79. The molecule has 0 bridgehead atoms. The highest BCUT2D eigenvalue weighted by Gasteiger charge is 2.26. The number of hydrogen-bond donors (Lipinski definition) is 3. The minimum Gasteiger partial charge on any atom is -0.372 e. The van der Waals surface area contributed by atoms with Crippen LogP contribution in [0, 0.1) is 11.8 Å². The molecule has 10 nitrogen and oxygen atoms in total. The van der Waals surface area contributed by atoms with Gasteiger partial charge in [-0.25, -0.2) is 13.4 Å². The number of aliphatic hydroxyl groups excluding tert-OH is 1. The maximum absolute atomic E-state index is 13.4. The van der Waals surface area contributed by atoms with Gasteiger partial charge in [-0.15, -0.1) is 11.3 Å². The van der Waals surface area contributed by atoms with Crippen molar-refractivity contribution in [1.29, 1.82) is 0 Å². The highest BCUT2D eigenvalue weighted by Crippen LogP contribution is 2.27. The molecule has 3 N–H and O–H groups in total. The number of hydrogen-bond acceptors (Lipinski definition) is 9. The quantitative estimate of drug-likeness (QED) is 0.233. The third-order valence-electron chi connectivity index (χ3n) is 6.92. The summed E-state index contributed by atoms with van der Waals surface area (Å²) < 4.78 is 24.2. The average Bonchev–Trinajstić information content (AvgIpc) is 3.30. The van der Waals surface area contributed by atoms with Crippen LogP contribution < -0.4 is 10.6 Å². The summed E-state index contributed by atoms with van der Waals surface area (Å²) in [5.41, 5.74) is 1.13. The Morgan fingerprint density at radius 2 is 2.00 bits per heavy atom. The van der Waals surface area contributed by atoms with Crippen molar-refractivity contribution >= 4 is 61.0 Å². The molecule has 3 rings (SSSR count). The zero-order valence-electron chi connectivity index (χ0n) is 23.1. The Hall–Kier alpha value is -2.38. The van der Waals surface area contributed by atoms with Crippen LogP contribution in [0.25, 0.3) is 10.2 Å². The Morgan fingerprint density at radius 3 is 2.65 bits per heavy atom. The van der Waals surface area contributed by atoms with Gasteiger partial charge in [0.2, 0.25) is 11.8 Å². The number of fused-ring (bicyclic) bond motifs is 1. The number of halogens is 1. The summed E-state index contributed by atoms with van der Waals surface area (Å²) in [4.78, 5) is 36.8. The fourth-order valence-electron chi connectivity index (χ4n) is 4.21. The molecule has 0 aliphatic carbocycles. The number of aromatic nitrogens is 1. The van der Waals surface area contributed by atoms with E-state index < -0.39 is 22.0 Å². The molecule has 2 aromatic rings. The second-order valence-electron chi connectivity index (χ2n) is 10.2. The maximum atomic E-state index is 13.4. The highest BCUT2D eigenvalue weighted by atomic mass is 35.5. The number of carbonyl (C=O) groups excluding carboxylic acids is 2. The van der Waals surface area contributed by atoms with Crippen LogP contribution in [-0.2, 0) is 25.8 Å². The maximum Gasteiger partial charge on any atom is 0.247 e.